The fourth-order valence-corrected chi connectivity index (χ4v) is 1.31. The summed E-state index contributed by atoms with van der Waals surface area (Å²) >= 11 is 0. The Morgan fingerprint density at radius 1 is 1.63 bits per heavy atom. The van der Waals surface area contributed by atoms with Crippen LogP contribution in [0.2, 0.25) is 0 Å². The van der Waals surface area contributed by atoms with E-state index >= 15 is 0 Å². The average Bonchev–Trinajstić information content (AvgIpc) is 2.38. The van der Waals surface area contributed by atoms with Gasteiger partial charge in [0.05, 0.1) is 11.5 Å². The number of nitrogens with one attached hydrogen (secondary N) is 1. The lowest BCUT2D eigenvalue weighted by molar-refractivity contribution is -0.386. The van der Waals surface area contributed by atoms with Gasteiger partial charge in [0.15, 0.2) is 5.82 Å². The Balaban J connectivity index is 3.08. The summed E-state index contributed by atoms with van der Waals surface area (Å²) in [4.78, 5) is 21.3. The van der Waals surface area contributed by atoms with Crippen LogP contribution in [0.1, 0.15) is 0 Å². The summed E-state index contributed by atoms with van der Waals surface area (Å²) in [6.07, 6.45) is -1.30. The van der Waals surface area contributed by atoms with Gasteiger partial charge in [-0.15, -0.1) is 0 Å². The first kappa shape index (κ1) is 14.8. The van der Waals surface area contributed by atoms with Crippen LogP contribution in [0.4, 0.5) is 10.1 Å². The predicted octanol–water partition coefficient (Wildman–Crippen LogP) is 0.118. The molecule has 0 aliphatic heterocycles. The number of nitrogens with zero attached hydrogens (tertiary/aromatic N) is 1. The lowest BCUT2D eigenvalue weighted by Gasteiger charge is -2.16. The standard InChI is InChI=1S/C10H12FN3O5/c1-18-5-8(10(15)13-12)19-9-6(11)3-2-4-7(9)14(16)17/h2-4,8H,5,12H2,1H3,(H,13,15). The molecule has 1 aromatic rings. The molecule has 0 aliphatic rings. The number of ether oxygens (including phenoxy) is 2. The Labute approximate surface area is 107 Å². The van der Waals surface area contributed by atoms with E-state index in [9.17, 15) is 19.3 Å². The Hall–Kier alpha value is -2.26. The topological polar surface area (TPSA) is 117 Å². The molecule has 0 aliphatic carbocycles. The van der Waals surface area contributed by atoms with Crippen molar-refractivity contribution in [1.82, 2.24) is 5.43 Å². The third kappa shape index (κ3) is 3.60. The number of hydrazine groups is 1. The van der Waals surface area contributed by atoms with E-state index in [0.717, 1.165) is 18.2 Å². The van der Waals surface area contributed by atoms with Gasteiger partial charge in [-0.3, -0.25) is 20.3 Å². The highest BCUT2D eigenvalue weighted by molar-refractivity contribution is 5.80. The Kier molecular flexibility index (Phi) is 5.15. The molecule has 1 amide bonds. The predicted molar refractivity (Wildman–Crippen MR) is 61.7 cm³/mol. The molecule has 3 N–H and O–H groups in total. The minimum Gasteiger partial charge on any atom is -0.469 e. The van der Waals surface area contributed by atoms with Gasteiger partial charge < -0.3 is 9.47 Å². The second-order valence-corrected chi connectivity index (χ2v) is 3.42. The molecule has 0 aromatic heterocycles. The van der Waals surface area contributed by atoms with Gasteiger partial charge in [0.25, 0.3) is 5.91 Å². The van der Waals surface area contributed by atoms with Gasteiger partial charge in [-0.25, -0.2) is 10.2 Å². The van der Waals surface area contributed by atoms with Crippen molar-refractivity contribution in [2.75, 3.05) is 13.7 Å². The third-order valence-electron chi connectivity index (χ3n) is 2.16. The van der Waals surface area contributed by atoms with Crippen molar-refractivity contribution in [3.8, 4) is 5.75 Å². The largest absolute Gasteiger partial charge is 0.469 e. The molecular weight excluding hydrogens is 261 g/mol. The molecule has 0 saturated heterocycles. The first-order valence-corrected chi connectivity index (χ1v) is 5.10. The molecule has 0 heterocycles. The quantitative estimate of drug-likeness (QED) is 0.329. The number of amides is 1. The summed E-state index contributed by atoms with van der Waals surface area (Å²) in [5, 5.41) is 10.8. The van der Waals surface area contributed by atoms with E-state index in [0.29, 0.717) is 0 Å². The Morgan fingerprint density at radius 2 is 2.32 bits per heavy atom. The summed E-state index contributed by atoms with van der Waals surface area (Å²) in [6, 6.07) is 3.20. The van der Waals surface area contributed by atoms with Crippen LogP contribution in [0.15, 0.2) is 18.2 Å². The highest BCUT2D eigenvalue weighted by Crippen LogP contribution is 2.30. The third-order valence-corrected chi connectivity index (χ3v) is 2.16. The van der Waals surface area contributed by atoms with Crippen molar-refractivity contribution in [1.29, 1.82) is 0 Å². The second kappa shape index (κ2) is 6.61. The molecule has 0 bridgehead atoms. The maximum Gasteiger partial charge on any atom is 0.314 e. The Morgan fingerprint density at radius 3 is 2.84 bits per heavy atom. The van der Waals surface area contributed by atoms with Crippen LogP contribution in [0.5, 0.6) is 5.75 Å². The maximum atomic E-state index is 13.5. The molecule has 0 spiro atoms. The minimum atomic E-state index is -1.30. The lowest BCUT2D eigenvalue weighted by Crippen LogP contribution is -2.44. The molecule has 9 heteroatoms. The maximum absolute atomic E-state index is 13.5. The molecule has 1 aromatic carbocycles. The average molecular weight is 273 g/mol. The molecule has 1 atom stereocenters. The van der Waals surface area contributed by atoms with Gasteiger partial charge in [-0.1, -0.05) is 6.07 Å². The van der Waals surface area contributed by atoms with Crippen LogP contribution in [0, 0.1) is 15.9 Å². The molecule has 8 nitrogen and oxygen atoms in total. The van der Waals surface area contributed by atoms with Gasteiger partial charge in [0, 0.05) is 13.2 Å². The SMILES string of the molecule is COCC(Oc1c(F)cccc1[N+](=O)[O-])C(=O)NN. The van der Waals surface area contributed by atoms with Crippen LogP contribution >= 0.6 is 0 Å². The number of hydrogen-bond donors (Lipinski definition) is 2. The van der Waals surface area contributed by atoms with Crippen molar-refractivity contribution in [2.24, 2.45) is 5.84 Å². The Bertz CT molecular complexity index is 482. The van der Waals surface area contributed by atoms with Crippen molar-refractivity contribution >= 4 is 11.6 Å². The van der Waals surface area contributed by atoms with Crippen LogP contribution in [0.25, 0.3) is 0 Å². The smallest absolute Gasteiger partial charge is 0.314 e. The molecule has 0 radical (unpaired) electrons. The van der Waals surface area contributed by atoms with Crippen molar-refractivity contribution < 1.29 is 23.6 Å². The molecule has 0 fully saturated rings. The van der Waals surface area contributed by atoms with Crippen LogP contribution < -0.4 is 16.0 Å². The van der Waals surface area contributed by atoms with E-state index in [2.05, 4.69) is 0 Å². The summed E-state index contributed by atoms with van der Waals surface area (Å²) in [6.45, 7) is -0.242. The summed E-state index contributed by atoms with van der Waals surface area (Å²) in [5.74, 6) is 2.54. The van der Waals surface area contributed by atoms with Gasteiger partial charge in [-0.05, 0) is 6.07 Å². The van der Waals surface area contributed by atoms with Crippen LogP contribution in [-0.2, 0) is 9.53 Å². The number of nitro groups is 1. The summed E-state index contributed by atoms with van der Waals surface area (Å²) in [7, 11) is 1.29. The highest BCUT2D eigenvalue weighted by Gasteiger charge is 2.26. The molecule has 1 unspecified atom stereocenters. The molecule has 104 valence electrons. The number of nitro benzene ring substituents is 1. The van der Waals surface area contributed by atoms with Crippen molar-refractivity contribution in [2.45, 2.75) is 6.10 Å². The monoisotopic (exact) mass is 273 g/mol. The van der Waals surface area contributed by atoms with E-state index in [-0.39, 0.29) is 6.61 Å². The zero-order valence-corrected chi connectivity index (χ0v) is 9.96. The molecule has 19 heavy (non-hydrogen) atoms. The number of methoxy groups -OCH3 is 1. The van der Waals surface area contributed by atoms with Crippen molar-refractivity contribution in [3.05, 3.63) is 34.1 Å². The van der Waals surface area contributed by atoms with E-state index in [1.54, 1.807) is 5.43 Å². The van der Waals surface area contributed by atoms with Gasteiger partial charge in [-0.2, -0.15) is 0 Å². The number of nitrogens with two attached hydrogens (primary N) is 1. The number of halogens is 1. The van der Waals surface area contributed by atoms with Gasteiger partial charge in [0.1, 0.15) is 0 Å². The van der Waals surface area contributed by atoms with Gasteiger partial charge >= 0.3 is 5.69 Å². The van der Waals surface area contributed by atoms with Crippen LogP contribution in [0.3, 0.4) is 0 Å². The summed E-state index contributed by atoms with van der Waals surface area (Å²) < 4.78 is 23.2. The fourth-order valence-electron chi connectivity index (χ4n) is 1.31. The minimum absolute atomic E-state index is 0.242. The number of carbonyl (C=O) groups excluding carboxylic acids is 1. The van der Waals surface area contributed by atoms with Gasteiger partial charge in [0.2, 0.25) is 11.9 Å². The molecule has 0 saturated carbocycles. The summed E-state index contributed by atoms with van der Waals surface area (Å²) in [5.41, 5.74) is 1.21. The zero-order valence-electron chi connectivity index (χ0n) is 9.96. The fraction of sp³-hybridized carbons (Fsp3) is 0.300. The van der Waals surface area contributed by atoms with E-state index in [4.69, 9.17) is 15.3 Å². The van der Waals surface area contributed by atoms with Crippen molar-refractivity contribution in [3.63, 3.8) is 0 Å². The first-order chi connectivity index (χ1) is 9.01. The number of rotatable bonds is 6. The normalized spacial score (nSPS) is 11.7. The van der Waals surface area contributed by atoms with E-state index in [1.165, 1.54) is 7.11 Å². The van der Waals surface area contributed by atoms with E-state index < -0.39 is 34.2 Å². The number of benzene rings is 1. The molecule has 1 rings (SSSR count). The van der Waals surface area contributed by atoms with Crippen LogP contribution in [-0.4, -0.2) is 30.7 Å². The number of para-hydroxylation sites is 1. The zero-order chi connectivity index (χ0) is 14.4. The highest BCUT2D eigenvalue weighted by atomic mass is 19.1. The number of carbonyl (C=O) groups is 1. The number of hydrogen-bond acceptors (Lipinski definition) is 6. The molecular formula is C10H12FN3O5. The first-order valence-electron chi connectivity index (χ1n) is 5.10. The lowest BCUT2D eigenvalue weighted by atomic mass is 10.2. The second-order valence-electron chi connectivity index (χ2n) is 3.42. The van der Waals surface area contributed by atoms with E-state index in [1.807, 2.05) is 0 Å².